The minimum atomic E-state index is -1.44. The van der Waals surface area contributed by atoms with Crippen molar-refractivity contribution >= 4 is 25.6 Å². The Balaban J connectivity index is 2.85. The van der Waals surface area contributed by atoms with E-state index in [0.717, 1.165) is 0 Å². The Morgan fingerprint density at radius 1 is 1.00 bits per heavy atom. The molecule has 0 radical (unpaired) electrons. The van der Waals surface area contributed by atoms with Crippen molar-refractivity contribution in [3.63, 3.8) is 0 Å². The van der Waals surface area contributed by atoms with Crippen molar-refractivity contribution in [3.8, 4) is 0 Å². The van der Waals surface area contributed by atoms with Gasteiger partial charge in [-0.2, -0.15) is 11.1 Å². The van der Waals surface area contributed by atoms with Gasteiger partial charge in [0.25, 0.3) is 0 Å². The van der Waals surface area contributed by atoms with Crippen LogP contribution in [0.2, 0.25) is 31.7 Å². The van der Waals surface area contributed by atoms with Crippen LogP contribution in [0.15, 0.2) is 24.3 Å². The van der Waals surface area contributed by atoms with Gasteiger partial charge < -0.3 is 0 Å². The molecule has 0 N–H and O–H groups in total. The van der Waals surface area contributed by atoms with Crippen LogP contribution in [0.3, 0.4) is 0 Å². The maximum absolute atomic E-state index is 6.54. The molecule has 1 aliphatic carbocycles. The van der Waals surface area contributed by atoms with Crippen LogP contribution in [0.25, 0.3) is 0 Å². The maximum Gasteiger partial charge on any atom is 0.141 e. The molecule has 0 saturated heterocycles. The molecular weight excluding hydrogens is 200 g/mol. The lowest BCUT2D eigenvalue weighted by Crippen LogP contribution is -2.53. The van der Waals surface area contributed by atoms with E-state index in [4.69, 9.17) is 11.1 Å². The van der Waals surface area contributed by atoms with E-state index >= 15 is 0 Å². The molecule has 0 saturated carbocycles. The summed E-state index contributed by atoms with van der Waals surface area (Å²) in [6.07, 6.45) is 8.92. The van der Waals surface area contributed by atoms with Gasteiger partial charge in [-0.15, -0.1) is 0 Å². The average molecular weight is 217 g/mol. The third-order valence-corrected chi connectivity index (χ3v) is 22.8. The van der Waals surface area contributed by atoms with Gasteiger partial charge in [0, 0.05) is 0 Å². The monoisotopic (exact) mass is 216 g/mol. The summed E-state index contributed by atoms with van der Waals surface area (Å²) in [6.45, 7) is 7.94. The van der Waals surface area contributed by atoms with Crippen LogP contribution >= 0.6 is 11.1 Å². The number of hydrogen-bond acceptors (Lipinski definition) is 0. The summed E-state index contributed by atoms with van der Waals surface area (Å²) in [5.74, 6) is 0. The van der Waals surface area contributed by atoms with E-state index in [0.29, 0.717) is 5.54 Å². The molecule has 0 amide bonds. The van der Waals surface area contributed by atoms with Crippen LogP contribution in [0.4, 0.5) is 0 Å². The predicted molar refractivity (Wildman–Crippen MR) is 62.8 cm³/mol. The van der Waals surface area contributed by atoms with E-state index in [1.807, 2.05) is 0 Å². The van der Waals surface area contributed by atoms with Crippen molar-refractivity contribution in [3.05, 3.63) is 24.3 Å². The van der Waals surface area contributed by atoms with Crippen molar-refractivity contribution in [2.24, 2.45) is 0 Å². The lowest BCUT2D eigenvalue weighted by Gasteiger charge is -2.36. The molecule has 0 unspecified atom stereocenters. The van der Waals surface area contributed by atoms with E-state index < -0.39 is 14.5 Å². The first-order valence-electron chi connectivity index (χ1n) is 4.39. The molecule has 68 valence electrons. The van der Waals surface area contributed by atoms with Crippen LogP contribution in [-0.4, -0.2) is 14.5 Å². The quantitative estimate of drug-likeness (QED) is 0.488. The molecule has 12 heavy (non-hydrogen) atoms. The highest BCUT2D eigenvalue weighted by Gasteiger charge is 2.44. The highest BCUT2D eigenvalue weighted by molar-refractivity contribution is 7.58. The minimum Gasteiger partial charge on any atom is -0.171 e. The summed E-state index contributed by atoms with van der Waals surface area (Å²) in [5, 5.41) is 0. The molecule has 0 aromatic rings. The van der Waals surface area contributed by atoms with E-state index in [2.05, 4.69) is 50.5 Å². The SMILES string of the molecule is C[Si](C)(Cl)[Si](C)(C)C1C=CC=C1. The lowest BCUT2D eigenvalue weighted by molar-refractivity contribution is 1.33. The highest BCUT2D eigenvalue weighted by atomic mass is 35.6. The normalized spacial score (nSPS) is 19.1. The fourth-order valence-corrected chi connectivity index (χ4v) is 7.38. The van der Waals surface area contributed by atoms with Crippen LogP contribution in [-0.2, 0) is 0 Å². The first-order chi connectivity index (χ1) is 5.36. The zero-order chi connectivity index (χ0) is 9.41. The maximum atomic E-state index is 6.54. The topological polar surface area (TPSA) is 0 Å². The van der Waals surface area contributed by atoms with Crippen molar-refractivity contribution in [2.45, 2.75) is 31.7 Å². The fourth-order valence-electron chi connectivity index (χ4n) is 1.31. The fraction of sp³-hybridized carbons (Fsp3) is 0.556. The van der Waals surface area contributed by atoms with Gasteiger partial charge in [0.05, 0.1) is 7.59 Å². The van der Waals surface area contributed by atoms with Gasteiger partial charge in [-0.3, -0.25) is 0 Å². The smallest absolute Gasteiger partial charge is 0.141 e. The van der Waals surface area contributed by atoms with E-state index in [1.165, 1.54) is 0 Å². The zero-order valence-electron chi connectivity index (χ0n) is 8.26. The van der Waals surface area contributed by atoms with Crippen molar-refractivity contribution < 1.29 is 0 Å². The molecule has 0 spiro atoms. The standard InChI is InChI=1S/C9H17ClSi2/c1-11(2,12(3,4)10)9-7-5-6-8-9/h5-9H,1-4H3. The van der Waals surface area contributed by atoms with E-state index in [-0.39, 0.29) is 0 Å². The largest absolute Gasteiger partial charge is 0.171 e. The zero-order valence-corrected chi connectivity index (χ0v) is 11.0. The second kappa shape index (κ2) is 3.16. The molecule has 0 nitrogen and oxygen atoms in total. The Bertz CT molecular complexity index is 211. The Morgan fingerprint density at radius 3 is 1.75 bits per heavy atom. The molecule has 0 aromatic heterocycles. The van der Waals surface area contributed by atoms with Gasteiger partial charge >= 0.3 is 0 Å². The molecule has 0 aliphatic heterocycles. The van der Waals surface area contributed by atoms with Crippen LogP contribution in [0, 0.1) is 0 Å². The lowest BCUT2D eigenvalue weighted by atomic mass is 10.5. The predicted octanol–water partition coefficient (Wildman–Crippen LogP) is 3.71. The Hall–Kier alpha value is 0.204. The molecule has 0 bridgehead atoms. The number of allylic oxidation sites excluding steroid dienone is 4. The molecule has 0 atom stereocenters. The van der Waals surface area contributed by atoms with E-state index in [9.17, 15) is 0 Å². The van der Waals surface area contributed by atoms with Crippen molar-refractivity contribution in [1.29, 1.82) is 0 Å². The summed E-state index contributed by atoms with van der Waals surface area (Å²) < 4.78 is 0. The molecule has 0 fully saturated rings. The first kappa shape index (κ1) is 10.3. The summed E-state index contributed by atoms with van der Waals surface area (Å²) >= 11 is 6.54. The van der Waals surface area contributed by atoms with E-state index in [1.54, 1.807) is 0 Å². The summed E-state index contributed by atoms with van der Waals surface area (Å²) in [6, 6.07) is 0. The van der Waals surface area contributed by atoms with Crippen molar-refractivity contribution in [1.82, 2.24) is 0 Å². The molecule has 1 aliphatic rings. The minimum absolute atomic E-state index is 0.677. The summed E-state index contributed by atoms with van der Waals surface area (Å²) in [5.41, 5.74) is 0.677. The second-order valence-electron chi connectivity index (χ2n) is 4.49. The molecule has 0 heterocycles. The molecule has 1 rings (SSSR count). The van der Waals surface area contributed by atoms with Gasteiger partial charge in [0.2, 0.25) is 0 Å². The van der Waals surface area contributed by atoms with Gasteiger partial charge in [-0.25, -0.2) is 0 Å². The van der Waals surface area contributed by atoms with Crippen LogP contribution in [0.5, 0.6) is 0 Å². The van der Waals surface area contributed by atoms with Gasteiger partial charge in [0.15, 0.2) is 0 Å². The third kappa shape index (κ3) is 1.75. The first-order valence-corrected chi connectivity index (χ1v) is 12.5. The second-order valence-corrected chi connectivity index (χ2v) is 22.9. The van der Waals surface area contributed by atoms with Crippen LogP contribution in [0.1, 0.15) is 0 Å². The Morgan fingerprint density at radius 2 is 1.42 bits per heavy atom. The van der Waals surface area contributed by atoms with Gasteiger partial charge in [-0.05, 0) is 5.54 Å². The molecular formula is C9H17ClSi2. The van der Waals surface area contributed by atoms with Crippen LogP contribution < -0.4 is 0 Å². The highest BCUT2D eigenvalue weighted by Crippen LogP contribution is 2.36. The third-order valence-electron chi connectivity index (χ3n) is 3.11. The molecule has 0 aromatic carbocycles. The molecule has 3 heteroatoms. The summed E-state index contributed by atoms with van der Waals surface area (Å²) in [4.78, 5) is 0. The summed E-state index contributed by atoms with van der Waals surface area (Å²) in [7, 11) is -1.24. The Kier molecular flexibility index (Phi) is 2.71. The number of rotatable bonds is 2. The number of hydrogen-bond donors (Lipinski definition) is 0. The van der Waals surface area contributed by atoms with Gasteiger partial charge in [-0.1, -0.05) is 50.5 Å². The number of halogens is 1. The van der Waals surface area contributed by atoms with Crippen molar-refractivity contribution in [2.75, 3.05) is 0 Å². The Labute approximate surface area is 81.8 Å². The average Bonchev–Trinajstić information content (AvgIpc) is 2.34. The van der Waals surface area contributed by atoms with Gasteiger partial charge in [0.1, 0.15) is 6.90 Å².